The summed E-state index contributed by atoms with van der Waals surface area (Å²) in [6.07, 6.45) is 5.38. The molecule has 1 unspecified atom stereocenters. The number of nitrogens with one attached hydrogen (secondary N) is 2. The van der Waals surface area contributed by atoms with Gasteiger partial charge < -0.3 is 5.32 Å². The summed E-state index contributed by atoms with van der Waals surface area (Å²) in [5.41, 5.74) is 2.22. The quantitative estimate of drug-likeness (QED) is 0.823. The number of benzene rings is 1. The molecule has 2 saturated heterocycles. The average molecular weight is 392 g/mol. The molecule has 2 aliphatic heterocycles. The fourth-order valence-corrected chi connectivity index (χ4v) is 3.98. The number of carbonyl (C=O) groups excluding carboxylic acids is 1. The Kier molecular flexibility index (Phi) is 10.1. The monoisotopic (exact) mass is 391 g/mol. The predicted octanol–water partition coefficient (Wildman–Crippen LogP) is 3.51. The first-order chi connectivity index (χ1) is 10.8. The lowest BCUT2D eigenvalue weighted by molar-refractivity contribution is -0.117. The third kappa shape index (κ3) is 6.45. The Morgan fingerprint density at radius 2 is 1.79 bits per heavy atom. The van der Waals surface area contributed by atoms with Crippen LogP contribution in [0.3, 0.4) is 0 Å². The van der Waals surface area contributed by atoms with Gasteiger partial charge in [-0.05, 0) is 43.6 Å². The van der Waals surface area contributed by atoms with Gasteiger partial charge in [-0.25, -0.2) is 0 Å². The van der Waals surface area contributed by atoms with Crippen LogP contribution >= 0.6 is 36.6 Å². The van der Waals surface area contributed by atoms with Crippen molar-refractivity contribution in [3.8, 4) is 0 Å². The molecule has 0 bridgehead atoms. The molecule has 0 aliphatic carbocycles. The molecule has 0 saturated carbocycles. The fraction of sp³-hybridized carbons (Fsp3) is 0.588. The average Bonchev–Trinajstić information content (AvgIpc) is 2.95. The van der Waals surface area contributed by atoms with Crippen LogP contribution in [-0.4, -0.2) is 41.6 Å². The minimum atomic E-state index is -0.0539. The molecule has 2 N–H and O–H groups in total. The van der Waals surface area contributed by atoms with Gasteiger partial charge in [-0.2, -0.15) is 0 Å². The van der Waals surface area contributed by atoms with Crippen molar-refractivity contribution in [1.29, 1.82) is 0 Å². The van der Waals surface area contributed by atoms with Gasteiger partial charge in [0.25, 0.3) is 0 Å². The van der Waals surface area contributed by atoms with Crippen molar-refractivity contribution >= 4 is 48.2 Å². The third-order valence-electron chi connectivity index (χ3n) is 4.36. The molecule has 2 heterocycles. The minimum absolute atomic E-state index is 0. The Balaban J connectivity index is 0.00000144. The first-order valence-corrected chi connectivity index (χ1v) is 9.40. The fourth-order valence-electron chi connectivity index (χ4n) is 3.04. The second-order valence-electron chi connectivity index (χ2n) is 6.15. The summed E-state index contributed by atoms with van der Waals surface area (Å²) >= 11 is 1.77. The largest absolute Gasteiger partial charge is 0.325 e. The van der Waals surface area contributed by atoms with E-state index in [1.54, 1.807) is 11.8 Å². The van der Waals surface area contributed by atoms with Gasteiger partial charge in [0.15, 0.2) is 0 Å². The summed E-state index contributed by atoms with van der Waals surface area (Å²) in [5, 5.41) is 6.19. The molecule has 136 valence electrons. The Bertz CT molecular complexity index is 487. The van der Waals surface area contributed by atoms with E-state index in [0.29, 0.717) is 0 Å². The molecular weight excluding hydrogens is 365 g/mol. The Hall–Kier alpha value is -0.460. The molecule has 4 nitrogen and oxygen atoms in total. The van der Waals surface area contributed by atoms with Gasteiger partial charge in [-0.3, -0.25) is 15.0 Å². The molecule has 0 radical (unpaired) electrons. The van der Waals surface area contributed by atoms with Crippen molar-refractivity contribution in [2.24, 2.45) is 0 Å². The number of hydrogen-bond acceptors (Lipinski definition) is 4. The van der Waals surface area contributed by atoms with Crippen LogP contribution < -0.4 is 10.6 Å². The molecule has 0 aromatic heterocycles. The van der Waals surface area contributed by atoms with Crippen molar-refractivity contribution in [2.45, 2.75) is 38.3 Å². The van der Waals surface area contributed by atoms with E-state index in [1.807, 2.05) is 12.1 Å². The van der Waals surface area contributed by atoms with Crippen molar-refractivity contribution in [2.75, 3.05) is 30.0 Å². The van der Waals surface area contributed by atoms with Gasteiger partial charge in [-0.1, -0.05) is 25.0 Å². The molecule has 1 atom stereocenters. The first kappa shape index (κ1) is 21.6. The van der Waals surface area contributed by atoms with E-state index in [9.17, 15) is 4.79 Å². The topological polar surface area (TPSA) is 44.4 Å². The smallest absolute Gasteiger partial charge is 0.242 e. The lowest BCUT2D eigenvalue weighted by Gasteiger charge is -2.20. The van der Waals surface area contributed by atoms with Gasteiger partial charge in [-0.15, -0.1) is 36.6 Å². The Morgan fingerprint density at radius 3 is 2.38 bits per heavy atom. The maximum atomic E-state index is 12.1. The number of amides is 1. The Labute approximate surface area is 161 Å². The van der Waals surface area contributed by atoms with Crippen LogP contribution in [0.1, 0.15) is 31.2 Å². The predicted molar refractivity (Wildman–Crippen MR) is 108 cm³/mol. The highest BCUT2D eigenvalue weighted by atomic mass is 35.5. The second-order valence-corrected chi connectivity index (χ2v) is 7.18. The van der Waals surface area contributed by atoms with Crippen LogP contribution in [0, 0.1) is 0 Å². The van der Waals surface area contributed by atoms with Gasteiger partial charge in [0.2, 0.25) is 5.91 Å². The van der Waals surface area contributed by atoms with Crippen LogP contribution in [0.4, 0.5) is 5.69 Å². The number of halogens is 2. The summed E-state index contributed by atoms with van der Waals surface area (Å²) in [6.45, 7) is 3.45. The molecule has 7 heteroatoms. The summed E-state index contributed by atoms with van der Waals surface area (Å²) < 4.78 is 0. The van der Waals surface area contributed by atoms with E-state index in [1.165, 1.54) is 44.3 Å². The van der Waals surface area contributed by atoms with E-state index >= 15 is 0 Å². The third-order valence-corrected chi connectivity index (χ3v) is 5.30. The number of likely N-dealkylation sites (tertiary alicyclic amines) is 1. The molecule has 1 aromatic carbocycles. The molecule has 1 amide bonds. The van der Waals surface area contributed by atoms with Crippen molar-refractivity contribution < 1.29 is 4.79 Å². The van der Waals surface area contributed by atoms with E-state index in [4.69, 9.17) is 0 Å². The lowest BCUT2D eigenvalue weighted by atomic mass is 10.2. The normalized spacial score (nSPS) is 21.2. The molecule has 1 aromatic rings. The summed E-state index contributed by atoms with van der Waals surface area (Å²) in [6, 6.07) is 8.26. The molecule has 0 spiro atoms. The van der Waals surface area contributed by atoms with Crippen LogP contribution in [0.25, 0.3) is 0 Å². The van der Waals surface area contributed by atoms with E-state index in [2.05, 4.69) is 27.7 Å². The van der Waals surface area contributed by atoms with Crippen molar-refractivity contribution in [3.05, 3.63) is 29.8 Å². The number of anilines is 1. The highest BCUT2D eigenvalue weighted by Gasteiger charge is 2.22. The van der Waals surface area contributed by atoms with E-state index < -0.39 is 0 Å². The molecule has 24 heavy (non-hydrogen) atoms. The highest BCUT2D eigenvalue weighted by molar-refractivity contribution is 7.99. The van der Waals surface area contributed by atoms with E-state index in [-0.39, 0.29) is 36.8 Å². The second kappa shape index (κ2) is 11.2. The number of nitrogens with zero attached hydrogens (tertiary/aromatic N) is 1. The number of carbonyl (C=O) groups is 1. The van der Waals surface area contributed by atoms with Crippen molar-refractivity contribution in [3.63, 3.8) is 0 Å². The zero-order chi connectivity index (χ0) is 15.2. The van der Waals surface area contributed by atoms with Gasteiger partial charge in [0.1, 0.15) is 0 Å². The van der Waals surface area contributed by atoms with Crippen LogP contribution in [0.5, 0.6) is 0 Å². The highest BCUT2D eigenvalue weighted by Crippen LogP contribution is 2.16. The first-order valence-electron chi connectivity index (χ1n) is 8.24. The summed E-state index contributed by atoms with van der Waals surface area (Å²) in [7, 11) is 0. The number of thioether (sulfide) groups is 1. The van der Waals surface area contributed by atoms with Gasteiger partial charge >= 0.3 is 0 Å². The Morgan fingerprint density at radius 1 is 1.12 bits per heavy atom. The zero-order valence-electron chi connectivity index (χ0n) is 13.8. The standard InChI is InChI=1S/C17H25N3OS.2ClH/c21-17(16-12-22-13-18-16)19-15-7-5-14(6-8-15)11-20-9-3-1-2-4-10-20;;/h5-8,16,18H,1-4,9-13H2,(H,19,21);2*1H. The maximum absolute atomic E-state index is 12.1. The summed E-state index contributed by atoms with van der Waals surface area (Å²) in [4.78, 5) is 14.6. The minimum Gasteiger partial charge on any atom is -0.325 e. The molecule has 3 rings (SSSR count). The number of hydrogen-bond donors (Lipinski definition) is 2. The SMILES string of the molecule is Cl.Cl.O=C(Nc1ccc(CN2CCCCCC2)cc1)C1CSCN1. The number of rotatable bonds is 4. The van der Waals surface area contributed by atoms with Crippen molar-refractivity contribution in [1.82, 2.24) is 10.2 Å². The molecular formula is C17H27Cl2N3OS. The van der Waals surface area contributed by atoms with Crippen LogP contribution in [0.2, 0.25) is 0 Å². The molecule has 2 aliphatic rings. The zero-order valence-corrected chi connectivity index (χ0v) is 16.3. The lowest BCUT2D eigenvalue weighted by Crippen LogP contribution is -2.37. The van der Waals surface area contributed by atoms with Gasteiger partial charge in [0.05, 0.1) is 6.04 Å². The van der Waals surface area contributed by atoms with Crippen LogP contribution in [-0.2, 0) is 11.3 Å². The van der Waals surface area contributed by atoms with Gasteiger partial charge in [0, 0.05) is 23.9 Å². The van der Waals surface area contributed by atoms with E-state index in [0.717, 1.165) is 23.9 Å². The molecule has 2 fully saturated rings. The van der Waals surface area contributed by atoms with Crippen LogP contribution in [0.15, 0.2) is 24.3 Å². The summed E-state index contributed by atoms with van der Waals surface area (Å²) in [5.74, 6) is 1.80. The maximum Gasteiger partial charge on any atom is 0.242 e.